The van der Waals surface area contributed by atoms with Gasteiger partial charge < -0.3 is 0 Å². The monoisotopic (exact) mass is 396 g/mol. The minimum Gasteiger partial charge on any atom is -0.282 e. The topological polar surface area (TPSA) is 54.4 Å². The van der Waals surface area contributed by atoms with Crippen LogP contribution in [0.2, 0.25) is 0 Å². The molecule has 1 rings (SSSR count). The number of unbranched alkanes of at least 4 members (excludes halogenated alkanes) is 9. The molecule has 0 fully saturated rings. The Bertz CT molecular complexity index is 635. The van der Waals surface area contributed by atoms with Gasteiger partial charge in [-0.3, -0.25) is 4.55 Å². The van der Waals surface area contributed by atoms with Crippen molar-refractivity contribution in [2.75, 3.05) is 0 Å². The zero-order valence-corrected chi connectivity index (χ0v) is 18.7. The molecule has 0 radical (unpaired) electrons. The molecule has 0 spiro atoms. The maximum Gasteiger partial charge on any atom is 0.294 e. The quantitative estimate of drug-likeness (QED) is 0.268. The highest BCUT2D eigenvalue weighted by atomic mass is 32.2. The van der Waals surface area contributed by atoms with Gasteiger partial charge in [0.25, 0.3) is 10.1 Å². The summed E-state index contributed by atoms with van der Waals surface area (Å²) in [5.41, 5.74) is 0.845. The molecule has 0 aromatic heterocycles. The lowest BCUT2D eigenvalue weighted by Crippen LogP contribution is -2.27. The summed E-state index contributed by atoms with van der Waals surface area (Å²) < 4.78 is 32.1. The lowest BCUT2D eigenvalue weighted by atomic mass is 9.72. The molecule has 156 valence electrons. The summed E-state index contributed by atoms with van der Waals surface area (Å²) in [4.78, 5) is -0.0146. The summed E-state index contributed by atoms with van der Waals surface area (Å²) in [6.45, 7) is 8.83. The van der Waals surface area contributed by atoms with Gasteiger partial charge in [0.05, 0.1) is 4.90 Å². The highest BCUT2D eigenvalue weighted by Crippen LogP contribution is 2.35. The fourth-order valence-electron chi connectivity index (χ4n) is 3.64. The second-order valence-electron chi connectivity index (χ2n) is 8.60. The average molecular weight is 397 g/mol. The summed E-state index contributed by atoms with van der Waals surface area (Å²) in [6.07, 6.45) is 14.5. The van der Waals surface area contributed by atoms with Gasteiger partial charge in [-0.25, -0.2) is 0 Å². The van der Waals surface area contributed by atoms with E-state index in [4.69, 9.17) is 0 Å². The van der Waals surface area contributed by atoms with Gasteiger partial charge in [0.1, 0.15) is 0 Å². The molecular weight excluding hydrogens is 356 g/mol. The van der Waals surface area contributed by atoms with E-state index < -0.39 is 10.1 Å². The molecule has 4 heteroatoms. The number of hydrogen-bond donors (Lipinski definition) is 1. The zero-order valence-electron chi connectivity index (χ0n) is 17.8. The van der Waals surface area contributed by atoms with Gasteiger partial charge in [-0.15, -0.1) is 0 Å². The molecule has 1 N–H and O–H groups in total. The summed E-state index contributed by atoms with van der Waals surface area (Å²) in [5, 5.41) is 0. The van der Waals surface area contributed by atoms with Crippen molar-refractivity contribution in [1.29, 1.82) is 0 Å². The highest BCUT2D eigenvalue weighted by molar-refractivity contribution is 7.85. The van der Waals surface area contributed by atoms with Crippen LogP contribution in [0.3, 0.4) is 0 Å². The van der Waals surface area contributed by atoms with Crippen molar-refractivity contribution in [3.63, 3.8) is 0 Å². The van der Waals surface area contributed by atoms with Gasteiger partial charge in [0.2, 0.25) is 0 Å². The molecule has 27 heavy (non-hydrogen) atoms. The third kappa shape index (κ3) is 8.78. The first kappa shape index (κ1) is 24.2. The molecule has 0 aliphatic carbocycles. The minimum absolute atomic E-state index is 0.0146. The zero-order chi connectivity index (χ0) is 20.3. The number of benzene rings is 1. The Hall–Kier alpha value is -0.870. The number of hydrogen-bond acceptors (Lipinski definition) is 2. The van der Waals surface area contributed by atoms with Crippen LogP contribution in [0, 0.1) is 5.92 Å². The van der Waals surface area contributed by atoms with Crippen LogP contribution in [0.1, 0.15) is 104 Å². The lowest BCUT2D eigenvalue weighted by molar-refractivity contribution is 0.313. The Balaban J connectivity index is 2.36. The Kier molecular flexibility index (Phi) is 10.6. The molecule has 0 bridgehead atoms. The smallest absolute Gasteiger partial charge is 0.282 e. The van der Waals surface area contributed by atoms with Crippen molar-refractivity contribution in [2.24, 2.45) is 5.92 Å². The Morgan fingerprint density at radius 2 is 1.44 bits per heavy atom. The van der Waals surface area contributed by atoms with Crippen molar-refractivity contribution in [3.8, 4) is 0 Å². The SMILES string of the molecule is CCCCCCCCCCCCC(C)C(C)(C)c1cccc(S(=O)(=O)O)c1. The van der Waals surface area contributed by atoms with Gasteiger partial charge in [0.15, 0.2) is 0 Å². The van der Waals surface area contributed by atoms with E-state index in [0.29, 0.717) is 5.92 Å². The Morgan fingerprint density at radius 3 is 1.96 bits per heavy atom. The summed E-state index contributed by atoms with van der Waals surface area (Å²) >= 11 is 0. The number of rotatable bonds is 14. The predicted molar refractivity (Wildman–Crippen MR) is 115 cm³/mol. The van der Waals surface area contributed by atoms with E-state index in [9.17, 15) is 13.0 Å². The van der Waals surface area contributed by atoms with Crippen LogP contribution >= 0.6 is 0 Å². The fraction of sp³-hybridized carbons (Fsp3) is 0.739. The molecule has 0 aliphatic heterocycles. The van der Waals surface area contributed by atoms with Gasteiger partial charge in [-0.1, -0.05) is 104 Å². The average Bonchev–Trinajstić information content (AvgIpc) is 2.62. The van der Waals surface area contributed by atoms with Crippen LogP contribution in [-0.4, -0.2) is 13.0 Å². The molecule has 1 atom stereocenters. The first-order chi connectivity index (χ1) is 12.7. The van der Waals surface area contributed by atoms with Crippen LogP contribution in [0.25, 0.3) is 0 Å². The molecule has 3 nitrogen and oxygen atoms in total. The molecule has 0 amide bonds. The molecule has 1 aromatic carbocycles. The maximum atomic E-state index is 11.4. The first-order valence-corrected chi connectivity index (χ1v) is 12.2. The third-order valence-electron chi connectivity index (χ3n) is 6.10. The van der Waals surface area contributed by atoms with E-state index in [-0.39, 0.29) is 10.3 Å². The second-order valence-corrected chi connectivity index (χ2v) is 10.0. The van der Waals surface area contributed by atoms with Crippen molar-refractivity contribution >= 4 is 10.1 Å². The van der Waals surface area contributed by atoms with Crippen molar-refractivity contribution in [1.82, 2.24) is 0 Å². The highest BCUT2D eigenvalue weighted by Gasteiger charge is 2.28. The molecular formula is C23H40O3S. The maximum absolute atomic E-state index is 11.4. The standard InChI is InChI=1S/C23H40O3S/c1-5-6-7-8-9-10-11-12-13-14-16-20(2)23(3,4)21-17-15-18-22(19-21)27(24,25)26/h15,17-20H,5-14,16H2,1-4H3,(H,24,25,26). The van der Waals surface area contributed by atoms with Crippen LogP contribution in [0.4, 0.5) is 0 Å². The van der Waals surface area contributed by atoms with Gasteiger partial charge >= 0.3 is 0 Å². The van der Waals surface area contributed by atoms with E-state index in [1.807, 2.05) is 6.07 Å². The van der Waals surface area contributed by atoms with Gasteiger partial charge in [0, 0.05) is 0 Å². The van der Waals surface area contributed by atoms with E-state index >= 15 is 0 Å². The molecule has 0 aliphatic rings. The largest absolute Gasteiger partial charge is 0.294 e. The molecule has 1 aromatic rings. The molecule has 1 unspecified atom stereocenters. The van der Waals surface area contributed by atoms with Crippen LogP contribution < -0.4 is 0 Å². The summed E-state index contributed by atoms with van der Waals surface area (Å²) in [6, 6.07) is 6.74. The normalized spacial score (nSPS) is 13.7. The lowest BCUT2D eigenvalue weighted by Gasteiger charge is -2.33. The predicted octanol–water partition coefficient (Wildman–Crippen LogP) is 7.16. The van der Waals surface area contributed by atoms with E-state index in [2.05, 4.69) is 27.7 Å². The molecule has 0 saturated carbocycles. The first-order valence-electron chi connectivity index (χ1n) is 10.8. The Morgan fingerprint density at radius 1 is 0.926 bits per heavy atom. The minimum atomic E-state index is -4.15. The van der Waals surface area contributed by atoms with Crippen LogP contribution in [0.15, 0.2) is 29.2 Å². The molecule has 0 saturated heterocycles. The van der Waals surface area contributed by atoms with Crippen LogP contribution in [0.5, 0.6) is 0 Å². The van der Waals surface area contributed by atoms with E-state index in [1.165, 1.54) is 70.3 Å². The third-order valence-corrected chi connectivity index (χ3v) is 6.95. The fourth-order valence-corrected chi connectivity index (χ4v) is 4.17. The van der Waals surface area contributed by atoms with Crippen LogP contribution in [-0.2, 0) is 15.5 Å². The summed E-state index contributed by atoms with van der Waals surface area (Å²) in [7, 11) is -4.15. The van der Waals surface area contributed by atoms with Crippen molar-refractivity contribution < 1.29 is 13.0 Å². The van der Waals surface area contributed by atoms with E-state index in [1.54, 1.807) is 12.1 Å². The van der Waals surface area contributed by atoms with Crippen molar-refractivity contribution in [2.45, 2.75) is 109 Å². The summed E-state index contributed by atoms with van der Waals surface area (Å²) in [5.74, 6) is 0.447. The van der Waals surface area contributed by atoms with Gasteiger partial charge in [-0.2, -0.15) is 8.42 Å². The van der Waals surface area contributed by atoms with Crippen molar-refractivity contribution in [3.05, 3.63) is 29.8 Å². The second kappa shape index (κ2) is 11.9. The Labute approximate surface area is 167 Å². The van der Waals surface area contributed by atoms with E-state index in [0.717, 1.165) is 12.0 Å². The molecule has 0 heterocycles. The van der Waals surface area contributed by atoms with Gasteiger partial charge in [-0.05, 0) is 35.4 Å².